The Bertz CT molecular complexity index is 898. The van der Waals surface area contributed by atoms with Crippen LogP contribution in [0.3, 0.4) is 0 Å². The summed E-state index contributed by atoms with van der Waals surface area (Å²) < 4.78 is 11.2. The predicted molar refractivity (Wildman–Crippen MR) is 109 cm³/mol. The lowest BCUT2D eigenvalue weighted by Crippen LogP contribution is -2.45. The van der Waals surface area contributed by atoms with E-state index < -0.39 is 0 Å². The number of hydrogen-bond donors (Lipinski definition) is 1. The number of carbonyl (C=O) groups excluding carboxylic acids is 1. The molecule has 0 aromatic heterocycles. The first-order valence-electron chi connectivity index (χ1n) is 9.71. The van der Waals surface area contributed by atoms with Crippen LogP contribution in [0.5, 0.6) is 11.5 Å². The van der Waals surface area contributed by atoms with Gasteiger partial charge in [-0.25, -0.2) is 0 Å². The highest BCUT2D eigenvalue weighted by Gasteiger charge is 2.43. The summed E-state index contributed by atoms with van der Waals surface area (Å²) in [4.78, 5) is 14.6. The molecular formula is C23H26N2O3. The first-order valence-corrected chi connectivity index (χ1v) is 9.71. The highest BCUT2D eigenvalue weighted by Crippen LogP contribution is 2.45. The van der Waals surface area contributed by atoms with E-state index in [0.29, 0.717) is 13.2 Å². The molecule has 0 radical (unpaired) electrons. The van der Waals surface area contributed by atoms with Crippen molar-refractivity contribution in [1.29, 1.82) is 0 Å². The fourth-order valence-electron chi connectivity index (χ4n) is 4.12. The van der Waals surface area contributed by atoms with Crippen LogP contribution in [-0.4, -0.2) is 37.6 Å². The summed E-state index contributed by atoms with van der Waals surface area (Å²) in [6.45, 7) is 2.69. The van der Waals surface area contributed by atoms with Gasteiger partial charge >= 0.3 is 0 Å². The number of piperidine rings is 1. The number of fused-ring (bicyclic) bond motifs is 2. The molecule has 1 spiro atoms. The van der Waals surface area contributed by atoms with Crippen LogP contribution in [0.2, 0.25) is 0 Å². The average Bonchev–Trinajstić information content (AvgIpc) is 3.10. The molecule has 0 saturated carbocycles. The highest BCUT2D eigenvalue weighted by atomic mass is 16.5. The molecule has 2 heterocycles. The summed E-state index contributed by atoms with van der Waals surface area (Å²) in [6.07, 6.45) is 5.31. The van der Waals surface area contributed by atoms with E-state index in [-0.39, 0.29) is 11.3 Å². The van der Waals surface area contributed by atoms with Crippen LogP contribution >= 0.6 is 0 Å². The summed E-state index contributed by atoms with van der Waals surface area (Å²) >= 11 is 0. The maximum atomic E-state index is 12.6. The zero-order valence-corrected chi connectivity index (χ0v) is 16.2. The van der Waals surface area contributed by atoms with Crippen LogP contribution in [-0.2, 0) is 16.8 Å². The number of hydrogen-bond acceptors (Lipinski definition) is 4. The normalized spacial score (nSPS) is 17.6. The Morgan fingerprint density at radius 3 is 2.82 bits per heavy atom. The Kier molecular flexibility index (Phi) is 5.09. The molecule has 5 nitrogen and oxygen atoms in total. The van der Waals surface area contributed by atoms with Gasteiger partial charge in [0.1, 0.15) is 11.5 Å². The summed E-state index contributed by atoms with van der Waals surface area (Å²) in [5, 5.41) is 0. The minimum Gasteiger partial charge on any atom is -0.497 e. The number of methoxy groups -OCH3 is 1. The van der Waals surface area contributed by atoms with Gasteiger partial charge in [-0.2, -0.15) is 0 Å². The minimum atomic E-state index is 0.00774. The topological polar surface area (TPSA) is 64.8 Å². The molecule has 5 heteroatoms. The number of carbonyl (C=O) groups is 1. The number of benzene rings is 2. The largest absolute Gasteiger partial charge is 0.497 e. The Labute approximate surface area is 165 Å². The summed E-state index contributed by atoms with van der Waals surface area (Å²) in [6, 6.07) is 13.9. The predicted octanol–water partition coefficient (Wildman–Crippen LogP) is 3.12. The minimum absolute atomic E-state index is 0.00774. The van der Waals surface area contributed by atoms with Crippen molar-refractivity contribution in [3.63, 3.8) is 0 Å². The van der Waals surface area contributed by atoms with E-state index in [1.54, 1.807) is 13.2 Å². The van der Waals surface area contributed by atoms with Gasteiger partial charge in [0.05, 0.1) is 13.7 Å². The smallest absolute Gasteiger partial charge is 0.246 e. The molecule has 28 heavy (non-hydrogen) atoms. The number of ether oxygens (including phenoxy) is 2. The van der Waals surface area contributed by atoms with Gasteiger partial charge in [0, 0.05) is 36.7 Å². The second-order valence-electron chi connectivity index (χ2n) is 7.54. The van der Waals surface area contributed by atoms with Crippen molar-refractivity contribution in [3.8, 4) is 11.5 Å². The lowest BCUT2D eigenvalue weighted by molar-refractivity contribution is -0.127. The molecule has 0 atom stereocenters. The van der Waals surface area contributed by atoms with Crippen molar-refractivity contribution in [2.24, 2.45) is 5.73 Å². The molecule has 2 aliphatic heterocycles. The van der Waals surface area contributed by atoms with Crippen molar-refractivity contribution >= 4 is 12.0 Å². The van der Waals surface area contributed by atoms with Gasteiger partial charge in [-0.15, -0.1) is 0 Å². The van der Waals surface area contributed by atoms with Gasteiger partial charge in [-0.1, -0.05) is 24.3 Å². The molecule has 0 bridgehead atoms. The van der Waals surface area contributed by atoms with E-state index in [2.05, 4.69) is 6.07 Å². The number of rotatable bonds is 4. The molecule has 146 valence electrons. The quantitative estimate of drug-likeness (QED) is 0.831. The molecule has 1 amide bonds. The molecule has 1 fully saturated rings. The molecule has 2 aromatic carbocycles. The Hall–Kier alpha value is -2.79. The molecule has 0 unspecified atom stereocenters. The van der Waals surface area contributed by atoms with Gasteiger partial charge in [0.2, 0.25) is 5.91 Å². The van der Waals surface area contributed by atoms with Crippen molar-refractivity contribution in [1.82, 2.24) is 4.90 Å². The van der Waals surface area contributed by atoms with Crippen LogP contribution < -0.4 is 15.2 Å². The average molecular weight is 378 g/mol. The fourth-order valence-corrected chi connectivity index (χ4v) is 4.12. The summed E-state index contributed by atoms with van der Waals surface area (Å²) in [7, 11) is 1.64. The molecule has 4 rings (SSSR count). The van der Waals surface area contributed by atoms with Gasteiger partial charge in [0.15, 0.2) is 0 Å². The highest BCUT2D eigenvalue weighted by molar-refractivity contribution is 5.92. The number of nitrogens with zero attached hydrogens (tertiary/aromatic N) is 1. The SMILES string of the molecule is COc1cccc(/C=C/C(=O)N2CCC3(CC2)COc2ccc(CN)cc23)c1. The maximum Gasteiger partial charge on any atom is 0.246 e. The third-order valence-corrected chi connectivity index (χ3v) is 5.90. The molecule has 2 N–H and O–H groups in total. The molecular weight excluding hydrogens is 352 g/mol. The van der Waals surface area contributed by atoms with E-state index in [1.807, 2.05) is 47.4 Å². The second kappa shape index (κ2) is 7.68. The van der Waals surface area contributed by atoms with Crippen molar-refractivity contribution in [2.45, 2.75) is 24.8 Å². The second-order valence-corrected chi connectivity index (χ2v) is 7.54. The van der Waals surface area contributed by atoms with Crippen LogP contribution in [0.4, 0.5) is 0 Å². The number of nitrogens with two attached hydrogens (primary N) is 1. The van der Waals surface area contributed by atoms with Crippen LogP contribution in [0.15, 0.2) is 48.5 Å². The lowest BCUT2D eigenvalue weighted by Gasteiger charge is -2.38. The Morgan fingerprint density at radius 2 is 2.07 bits per heavy atom. The van der Waals surface area contributed by atoms with Crippen LogP contribution in [0.1, 0.15) is 29.5 Å². The van der Waals surface area contributed by atoms with E-state index in [9.17, 15) is 4.79 Å². The summed E-state index contributed by atoms with van der Waals surface area (Å²) in [5.74, 6) is 1.80. The van der Waals surface area contributed by atoms with Crippen molar-refractivity contribution in [3.05, 3.63) is 65.2 Å². The van der Waals surface area contributed by atoms with E-state index in [0.717, 1.165) is 48.6 Å². The standard InChI is InChI=1S/C23H26N2O3/c1-27-19-4-2-3-17(13-19)6-8-22(26)25-11-9-23(10-12-25)16-28-21-7-5-18(15-24)14-20(21)23/h2-8,13-14H,9-12,15-16,24H2,1H3/b8-6+. The Balaban J connectivity index is 1.42. The van der Waals surface area contributed by atoms with Crippen molar-refractivity contribution < 1.29 is 14.3 Å². The first kappa shape index (κ1) is 18.6. The Morgan fingerprint density at radius 1 is 1.25 bits per heavy atom. The van der Waals surface area contributed by atoms with Gasteiger partial charge in [-0.05, 0) is 48.2 Å². The number of amides is 1. The number of likely N-dealkylation sites (tertiary alicyclic amines) is 1. The lowest BCUT2D eigenvalue weighted by atomic mass is 9.74. The van der Waals surface area contributed by atoms with Gasteiger partial charge < -0.3 is 20.1 Å². The zero-order chi connectivity index (χ0) is 19.6. The van der Waals surface area contributed by atoms with Crippen LogP contribution in [0.25, 0.3) is 6.08 Å². The molecule has 0 aliphatic carbocycles. The summed E-state index contributed by atoms with van der Waals surface area (Å²) in [5.41, 5.74) is 9.16. The monoisotopic (exact) mass is 378 g/mol. The molecule has 1 saturated heterocycles. The van der Waals surface area contributed by atoms with Crippen LogP contribution in [0, 0.1) is 0 Å². The first-order chi connectivity index (χ1) is 13.6. The third kappa shape index (κ3) is 3.50. The van der Waals surface area contributed by atoms with E-state index in [4.69, 9.17) is 15.2 Å². The fraction of sp³-hybridized carbons (Fsp3) is 0.348. The zero-order valence-electron chi connectivity index (χ0n) is 16.2. The molecule has 2 aliphatic rings. The maximum absolute atomic E-state index is 12.6. The molecule has 2 aromatic rings. The van der Waals surface area contributed by atoms with E-state index >= 15 is 0 Å². The van der Waals surface area contributed by atoms with Gasteiger partial charge in [0.25, 0.3) is 0 Å². The third-order valence-electron chi connectivity index (χ3n) is 5.90. The van der Waals surface area contributed by atoms with Gasteiger partial charge in [-0.3, -0.25) is 4.79 Å². The van der Waals surface area contributed by atoms with E-state index in [1.165, 1.54) is 5.56 Å². The van der Waals surface area contributed by atoms with Crippen molar-refractivity contribution in [2.75, 3.05) is 26.8 Å².